The Kier molecular flexibility index (Phi) is 5.89. The molecule has 2 N–H and O–H groups in total. The number of carbonyl (C=O) groups is 2. The van der Waals surface area contributed by atoms with Crippen LogP contribution in [0.2, 0.25) is 0 Å². The summed E-state index contributed by atoms with van der Waals surface area (Å²) in [5.74, 6) is 0.694. The minimum Gasteiger partial charge on any atom is -0.495 e. The number of nitrogens with one attached hydrogen (secondary N) is 2. The van der Waals surface area contributed by atoms with Crippen LogP contribution >= 0.6 is 0 Å². The van der Waals surface area contributed by atoms with Gasteiger partial charge in [-0.25, -0.2) is 4.79 Å². The van der Waals surface area contributed by atoms with Crippen LogP contribution in [-0.2, 0) is 4.79 Å². The van der Waals surface area contributed by atoms with Gasteiger partial charge in [-0.3, -0.25) is 4.79 Å². The zero-order valence-electron chi connectivity index (χ0n) is 14.7. The number of benzene rings is 1. The topological polar surface area (TPSA) is 73.9 Å². The van der Waals surface area contributed by atoms with Crippen molar-refractivity contribution >= 4 is 17.6 Å². The summed E-state index contributed by atoms with van der Waals surface area (Å²) in [5, 5.41) is 5.62. The zero-order valence-corrected chi connectivity index (χ0v) is 14.7. The first-order chi connectivity index (χ1) is 11.4. The maximum absolute atomic E-state index is 12.1. The Bertz CT molecular complexity index is 591. The number of hydrogen-bond acceptors (Lipinski definition) is 4. The number of urea groups is 1. The summed E-state index contributed by atoms with van der Waals surface area (Å²) >= 11 is 0. The maximum Gasteiger partial charge on any atom is 0.315 e. The smallest absolute Gasteiger partial charge is 0.315 e. The van der Waals surface area contributed by atoms with Gasteiger partial charge in [0.1, 0.15) is 11.8 Å². The van der Waals surface area contributed by atoms with Gasteiger partial charge in [0.25, 0.3) is 0 Å². The number of carbonyl (C=O) groups excluding carboxylic acids is 2. The molecular weight excluding hydrogens is 308 g/mol. The molecule has 0 saturated carbocycles. The third-order valence-corrected chi connectivity index (χ3v) is 4.11. The molecule has 0 aromatic heterocycles. The molecule has 3 amide bonds. The van der Waals surface area contributed by atoms with E-state index >= 15 is 0 Å². The van der Waals surface area contributed by atoms with Gasteiger partial charge in [0.05, 0.1) is 12.8 Å². The molecule has 1 aromatic carbocycles. The predicted octanol–water partition coefficient (Wildman–Crippen LogP) is 1.05. The number of nitrogens with zero attached hydrogens (tertiary/aromatic N) is 2. The summed E-state index contributed by atoms with van der Waals surface area (Å²) in [5.41, 5.74) is 1.03. The summed E-state index contributed by atoms with van der Waals surface area (Å²) in [6.45, 7) is 3.24. The van der Waals surface area contributed by atoms with Crippen LogP contribution in [0.15, 0.2) is 24.3 Å². The first-order valence-corrected chi connectivity index (χ1v) is 8.08. The van der Waals surface area contributed by atoms with Crippen LogP contribution in [0.3, 0.4) is 0 Å². The molecular formula is C17H26N4O3. The average molecular weight is 334 g/mol. The van der Waals surface area contributed by atoms with Crippen LogP contribution in [0.25, 0.3) is 0 Å². The Labute approximate surface area is 142 Å². The molecule has 1 fully saturated rings. The lowest BCUT2D eigenvalue weighted by atomic mass is 10.2. The lowest BCUT2D eigenvalue weighted by molar-refractivity contribution is -0.130. The summed E-state index contributed by atoms with van der Waals surface area (Å²) < 4.78 is 5.39. The number of methoxy groups -OCH3 is 1. The highest BCUT2D eigenvalue weighted by atomic mass is 16.5. The van der Waals surface area contributed by atoms with Crippen molar-refractivity contribution in [2.75, 3.05) is 39.2 Å². The van der Waals surface area contributed by atoms with Gasteiger partial charge < -0.3 is 25.2 Å². The highest BCUT2D eigenvalue weighted by molar-refractivity contribution is 5.86. The fourth-order valence-electron chi connectivity index (χ4n) is 2.86. The van der Waals surface area contributed by atoms with Crippen LogP contribution in [0.1, 0.15) is 13.3 Å². The number of likely N-dealkylation sites (N-methyl/N-ethyl adjacent to an activating group) is 1. The maximum atomic E-state index is 12.1. The van der Waals surface area contributed by atoms with Crippen LogP contribution in [-0.4, -0.2) is 63.2 Å². The Morgan fingerprint density at radius 1 is 1.33 bits per heavy atom. The van der Waals surface area contributed by atoms with Crippen molar-refractivity contribution in [3.05, 3.63) is 24.3 Å². The van der Waals surface area contributed by atoms with Gasteiger partial charge in [0.2, 0.25) is 5.91 Å². The number of hydrogen-bond donors (Lipinski definition) is 2. The molecule has 24 heavy (non-hydrogen) atoms. The molecule has 0 aliphatic carbocycles. The zero-order chi connectivity index (χ0) is 17.7. The van der Waals surface area contributed by atoms with E-state index in [-0.39, 0.29) is 18.0 Å². The molecule has 7 nitrogen and oxygen atoms in total. The third kappa shape index (κ3) is 4.31. The Morgan fingerprint density at radius 3 is 2.71 bits per heavy atom. The quantitative estimate of drug-likeness (QED) is 0.844. The van der Waals surface area contributed by atoms with Gasteiger partial charge in [-0.15, -0.1) is 0 Å². The van der Waals surface area contributed by atoms with E-state index in [0.29, 0.717) is 6.54 Å². The number of rotatable bonds is 5. The Balaban J connectivity index is 1.87. The molecule has 0 spiro atoms. The van der Waals surface area contributed by atoms with Crippen LogP contribution in [0, 0.1) is 0 Å². The molecule has 132 valence electrons. The molecule has 2 rings (SSSR count). The average Bonchev–Trinajstić information content (AvgIpc) is 3.01. The standard InChI is InChI=1S/C17H26N4O3/c1-12(16(22)20(2)3)18-17(23)19-13-9-10-21(11-13)14-7-5-6-8-15(14)24-4/h5-8,12-13H,9-11H2,1-4H3,(H2,18,19,23)/t12-,13+/m0/s1. The van der Waals surface area contributed by atoms with Crippen LogP contribution < -0.4 is 20.3 Å². The number of para-hydroxylation sites is 2. The summed E-state index contributed by atoms with van der Waals surface area (Å²) in [7, 11) is 4.99. The summed E-state index contributed by atoms with van der Waals surface area (Å²) in [4.78, 5) is 27.5. The Hall–Kier alpha value is -2.44. The Morgan fingerprint density at radius 2 is 2.04 bits per heavy atom. The molecule has 0 bridgehead atoms. The van der Waals surface area contributed by atoms with E-state index in [4.69, 9.17) is 4.74 Å². The van der Waals surface area contributed by atoms with Gasteiger partial charge in [-0.05, 0) is 25.5 Å². The van der Waals surface area contributed by atoms with E-state index in [1.54, 1.807) is 28.1 Å². The molecule has 1 saturated heterocycles. The summed E-state index contributed by atoms with van der Waals surface area (Å²) in [6.07, 6.45) is 0.849. The molecule has 1 heterocycles. The SMILES string of the molecule is COc1ccccc1N1CC[C@@H](NC(=O)N[C@@H](C)C(=O)N(C)C)C1. The number of amides is 3. The van der Waals surface area contributed by atoms with E-state index in [2.05, 4.69) is 15.5 Å². The van der Waals surface area contributed by atoms with E-state index in [9.17, 15) is 9.59 Å². The van der Waals surface area contributed by atoms with Gasteiger partial charge in [0.15, 0.2) is 0 Å². The predicted molar refractivity (Wildman–Crippen MR) is 93.4 cm³/mol. The molecule has 1 aromatic rings. The highest BCUT2D eigenvalue weighted by Crippen LogP contribution is 2.30. The van der Waals surface area contributed by atoms with E-state index in [1.807, 2.05) is 24.3 Å². The van der Waals surface area contributed by atoms with Crippen LogP contribution in [0.4, 0.5) is 10.5 Å². The second-order valence-corrected chi connectivity index (χ2v) is 6.18. The van der Waals surface area contributed by atoms with E-state index in [1.165, 1.54) is 4.90 Å². The lowest BCUT2D eigenvalue weighted by Gasteiger charge is -2.22. The molecule has 0 unspecified atom stereocenters. The molecule has 0 radical (unpaired) electrons. The minimum absolute atomic E-state index is 0.0385. The van der Waals surface area contributed by atoms with Gasteiger partial charge in [0, 0.05) is 33.2 Å². The molecule has 1 aliphatic heterocycles. The van der Waals surface area contributed by atoms with Crippen molar-refractivity contribution in [3.8, 4) is 5.75 Å². The highest BCUT2D eigenvalue weighted by Gasteiger charge is 2.26. The largest absolute Gasteiger partial charge is 0.495 e. The second kappa shape index (κ2) is 7.90. The summed E-state index contributed by atoms with van der Waals surface area (Å²) in [6, 6.07) is 7.02. The fourth-order valence-corrected chi connectivity index (χ4v) is 2.86. The van der Waals surface area contributed by atoms with E-state index in [0.717, 1.165) is 24.4 Å². The first-order valence-electron chi connectivity index (χ1n) is 8.08. The molecule has 1 aliphatic rings. The first kappa shape index (κ1) is 17.9. The molecule has 7 heteroatoms. The number of anilines is 1. The minimum atomic E-state index is -0.549. The van der Waals surface area contributed by atoms with Gasteiger partial charge in [-0.1, -0.05) is 12.1 Å². The van der Waals surface area contributed by atoms with Crippen molar-refractivity contribution in [1.29, 1.82) is 0 Å². The molecule has 2 atom stereocenters. The second-order valence-electron chi connectivity index (χ2n) is 6.18. The van der Waals surface area contributed by atoms with Crippen molar-refractivity contribution in [3.63, 3.8) is 0 Å². The van der Waals surface area contributed by atoms with Crippen molar-refractivity contribution in [1.82, 2.24) is 15.5 Å². The number of ether oxygens (including phenoxy) is 1. The fraction of sp³-hybridized carbons (Fsp3) is 0.529. The van der Waals surface area contributed by atoms with Gasteiger partial charge >= 0.3 is 6.03 Å². The van der Waals surface area contributed by atoms with Gasteiger partial charge in [-0.2, -0.15) is 0 Å². The van der Waals surface area contributed by atoms with E-state index < -0.39 is 6.04 Å². The van der Waals surface area contributed by atoms with Crippen molar-refractivity contribution in [2.24, 2.45) is 0 Å². The lowest BCUT2D eigenvalue weighted by Crippen LogP contribution is -2.50. The third-order valence-electron chi connectivity index (χ3n) is 4.11. The van der Waals surface area contributed by atoms with Crippen LogP contribution in [0.5, 0.6) is 5.75 Å². The van der Waals surface area contributed by atoms with Crippen molar-refractivity contribution in [2.45, 2.75) is 25.4 Å². The normalized spacial score (nSPS) is 18.0. The monoisotopic (exact) mass is 334 g/mol. The van der Waals surface area contributed by atoms with Crippen molar-refractivity contribution < 1.29 is 14.3 Å².